The Kier molecular flexibility index (Phi) is 4.77. The third-order valence-corrected chi connectivity index (χ3v) is 3.87. The van der Waals surface area contributed by atoms with Crippen LogP contribution in [0.5, 0.6) is 11.5 Å². The summed E-state index contributed by atoms with van der Waals surface area (Å²) >= 11 is 0. The molecular formula is C18H19N3O3. The minimum absolute atomic E-state index is 0.138. The number of hydrogen-bond donors (Lipinski definition) is 2. The molecule has 0 bridgehead atoms. The van der Waals surface area contributed by atoms with E-state index in [0.29, 0.717) is 30.2 Å². The molecule has 1 atom stereocenters. The first-order valence-corrected chi connectivity index (χ1v) is 7.78. The Labute approximate surface area is 140 Å². The molecule has 0 spiro atoms. The number of hydrogen-bond acceptors (Lipinski definition) is 4. The predicted octanol–water partition coefficient (Wildman–Crippen LogP) is 1.38. The van der Waals surface area contributed by atoms with Gasteiger partial charge in [-0.3, -0.25) is 9.59 Å². The molecule has 0 radical (unpaired) electrons. The van der Waals surface area contributed by atoms with Gasteiger partial charge in [0.1, 0.15) is 17.5 Å². The van der Waals surface area contributed by atoms with E-state index in [4.69, 9.17) is 10.5 Å². The van der Waals surface area contributed by atoms with E-state index in [1.807, 2.05) is 30.3 Å². The maximum atomic E-state index is 12.7. The van der Waals surface area contributed by atoms with Gasteiger partial charge in [-0.05, 0) is 30.3 Å². The Bertz CT molecular complexity index is 733. The number of benzene rings is 2. The van der Waals surface area contributed by atoms with Crippen LogP contribution >= 0.6 is 0 Å². The number of amides is 2. The summed E-state index contributed by atoms with van der Waals surface area (Å²) in [6, 6.07) is 15.9. The Morgan fingerprint density at radius 2 is 1.83 bits per heavy atom. The summed E-state index contributed by atoms with van der Waals surface area (Å²) in [7, 11) is 0. The molecule has 124 valence electrons. The van der Waals surface area contributed by atoms with Crippen LogP contribution in [0, 0.1) is 0 Å². The Hall–Kier alpha value is -2.86. The van der Waals surface area contributed by atoms with Crippen molar-refractivity contribution in [3.05, 3.63) is 60.2 Å². The van der Waals surface area contributed by atoms with E-state index in [1.54, 1.807) is 29.2 Å². The van der Waals surface area contributed by atoms with Gasteiger partial charge in [-0.15, -0.1) is 0 Å². The molecule has 1 aliphatic heterocycles. The molecule has 1 aliphatic rings. The van der Waals surface area contributed by atoms with Crippen LogP contribution in [-0.2, 0) is 4.79 Å². The highest BCUT2D eigenvalue weighted by atomic mass is 16.5. The standard InChI is InChI=1S/C18H19N3O3/c19-17(22)16-12-21(10-9-20-16)18(23)13-5-4-8-15(11-13)24-14-6-2-1-3-7-14/h1-8,11,16,20H,9-10,12H2,(H2,19,22). The van der Waals surface area contributed by atoms with Gasteiger partial charge in [0.15, 0.2) is 0 Å². The largest absolute Gasteiger partial charge is 0.457 e. The molecule has 2 aromatic carbocycles. The molecular weight excluding hydrogens is 306 g/mol. The van der Waals surface area contributed by atoms with Gasteiger partial charge in [-0.25, -0.2) is 0 Å². The van der Waals surface area contributed by atoms with Gasteiger partial charge in [-0.2, -0.15) is 0 Å². The third-order valence-electron chi connectivity index (χ3n) is 3.87. The zero-order valence-electron chi connectivity index (χ0n) is 13.1. The number of rotatable bonds is 4. The van der Waals surface area contributed by atoms with E-state index in [0.717, 1.165) is 0 Å². The first-order chi connectivity index (χ1) is 11.6. The average molecular weight is 325 g/mol. The Morgan fingerprint density at radius 3 is 2.58 bits per heavy atom. The second-order valence-electron chi connectivity index (χ2n) is 5.60. The van der Waals surface area contributed by atoms with Crippen molar-refractivity contribution in [3.8, 4) is 11.5 Å². The number of ether oxygens (including phenoxy) is 1. The minimum Gasteiger partial charge on any atom is -0.457 e. The highest BCUT2D eigenvalue weighted by molar-refractivity contribution is 5.95. The van der Waals surface area contributed by atoms with Crippen LogP contribution in [0.1, 0.15) is 10.4 Å². The number of carbonyl (C=O) groups excluding carboxylic acids is 2. The van der Waals surface area contributed by atoms with Crippen LogP contribution in [0.15, 0.2) is 54.6 Å². The van der Waals surface area contributed by atoms with Crippen molar-refractivity contribution in [2.24, 2.45) is 5.73 Å². The van der Waals surface area contributed by atoms with E-state index in [2.05, 4.69) is 5.32 Å². The number of para-hydroxylation sites is 1. The zero-order chi connectivity index (χ0) is 16.9. The summed E-state index contributed by atoms with van der Waals surface area (Å²) in [6.45, 7) is 1.35. The lowest BCUT2D eigenvalue weighted by molar-refractivity contribution is -0.120. The van der Waals surface area contributed by atoms with Crippen molar-refractivity contribution in [2.75, 3.05) is 19.6 Å². The molecule has 3 N–H and O–H groups in total. The lowest BCUT2D eigenvalue weighted by atomic mass is 10.1. The molecule has 3 rings (SSSR count). The second kappa shape index (κ2) is 7.14. The lowest BCUT2D eigenvalue weighted by Gasteiger charge is -2.32. The highest BCUT2D eigenvalue weighted by Gasteiger charge is 2.27. The van der Waals surface area contributed by atoms with E-state index in [1.165, 1.54) is 0 Å². The number of nitrogens with zero attached hydrogens (tertiary/aromatic N) is 1. The summed E-state index contributed by atoms with van der Waals surface area (Å²) in [5.74, 6) is 0.710. The van der Waals surface area contributed by atoms with Gasteiger partial charge >= 0.3 is 0 Å². The predicted molar refractivity (Wildman–Crippen MR) is 89.8 cm³/mol. The maximum Gasteiger partial charge on any atom is 0.254 e. The van der Waals surface area contributed by atoms with E-state index >= 15 is 0 Å². The smallest absolute Gasteiger partial charge is 0.254 e. The lowest BCUT2D eigenvalue weighted by Crippen LogP contribution is -2.57. The van der Waals surface area contributed by atoms with Crippen LogP contribution in [0.3, 0.4) is 0 Å². The molecule has 6 heteroatoms. The molecule has 24 heavy (non-hydrogen) atoms. The fourth-order valence-corrected chi connectivity index (χ4v) is 2.62. The van der Waals surface area contributed by atoms with Crippen LogP contribution in [0.2, 0.25) is 0 Å². The molecule has 0 aromatic heterocycles. The van der Waals surface area contributed by atoms with Crippen molar-refractivity contribution in [3.63, 3.8) is 0 Å². The molecule has 1 fully saturated rings. The topological polar surface area (TPSA) is 84.7 Å². The number of primary amides is 1. The number of nitrogens with one attached hydrogen (secondary N) is 1. The van der Waals surface area contributed by atoms with Crippen LogP contribution in [0.25, 0.3) is 0 Å². The SMILES string of the molecule is NC(=O)C1CN(C(=O)c2cccc(Oc3ccccc3)c2)CCN1. The fourth-order valence-electron chi connectivity index (χ4n) is 2.62. The molecule has 0 aliphatic carbocycles. The van der Waals surface area contributed by atoms with Crippen molar-refractivity contribution in [1.29, 1.82) is 0 Å². The van der Waals surface area contributed by atoms with Crippen molar-refractivity contribution < 1.29 is 14.3 Å². The number of carbonyl (C=O) groups is 2. The van der Waals surface area contributed by atoms with Crippen LogP contribution in [0.4, 0.5) is 0 Å². The summed E-state index contributed by atoms with van der Waals surface area (Å²) in [5, 5.41) is 3.01. The summed E-state index contributed by atoms with van der Waals surface area (Å²) in [4.78, 5) is 25.6. The summed E-state index contributed by atoms with van der Waals surface area (Å²) in [6.07, 6.45) is 0. The maximum absolute atomic E-state index is 12.7. The molecule has 1 heterocycles. The fraction of sp³-hybridized carbons (Fsp3) is 0.222. The van der Waals surface area contributed by atoms with Crippen molar-refractivity contribution >= 4 is 11.8 Å². The molecule has 0 saturated carbocycles. The summed E-state index contributed by atoms with van der Waals surface area (Å²) in [5.41, 5.74) is 5.84. The third kappa shape index (κ3) is 3.72. The Morgan fingerprint density at radius 1 is 1.08 bits per heavy atom. The summed E-state index contributed by atoms with van der Waals surface area (Å²) < 4.78 is 5.76. The van der Waals surface area contributed by atoms with Crippen molar-refractivity contribution in [1.82, 2.24) is 10.2 Å². The van der Waals surface area contributed by atoms with Crippen LogP contribution in [-0.4, -0.2) is 42.4 Å². The van der Waals surface area contributed by atoms with E-state index in [9.17, 15) is 9.59 Å². The van der Waals surface area contributed by atoms with Gasteiger partial charge < -0.3 is 20.7 Å². The van der Waals surface area contributed by atoms with Crippen LogP contribution < -0.4 is 15.8 Å². The monoisotopic (exact) mass is 325 g/mol. The quantitative estimate of drug-likeness (QED) is 0.889. The van der Waals surface area contributed by atoms with E-state index < -0.39 is 11.9 Å². The number of nitrogens with two attached hydrogens (primary N) is 1. The first kappa shape index (κ1) is 16.0. The van der Waals surface area contributed by atoms with Gasteiger partial charge in [0.05, 0.1) is 0 Å². The highest BCUT2D eigenvalue weighted by Crippen LogP contribution is 2.22. The first-order valence-electron chi connectivity index (χ1n) is 7.78. The van der Waals surface area contributed by atoms with E-state index in [-0.39, 0.29) is 12.5 Å². The minimum atomic E-state index is -0.508. The average Bonchev–Trinajstić information content (AvgIpc) is 2.62. The Balaban J connectivity index is 1.73. The molecule has 2 aromatic rings. The van der Waals surface area contributed by atoms with Gasteiger partial charge in [-0.1, -0.05) is 24.3 Å². The van der Waals surface area contributed by atoms with Gasteiger partial charge in [0.25, 0.3) is 5.91 Å². The molecule has 1 saturated heterocycles. The molecule has 1 unspecified atom stereocenters. The zero-order valence-corrected chi connectivity index (χ0v) is 13.1. The normalized spacial score (nSPS) is 17.3. The number of piperazine rings is 1. The second-order valence-corrected chi connectivity index (χ2v) is 5.60. The molecule has 6 nitrogen and oxygen atoms in total. The van der Waals surface area contributed by atoms with Gasteiger partial charge in [0, 0.05) is 25.2 Å². The molecule has 2 amide bonds. The van der Waals surface area contributed by atoms with Gasteiger partial charge in [0.2, 0.25) is 5.91 Å². The van der Waals surface area contributed by atoms with Crippen molar-refractivity contribution in [2.45, 2.75) is 6.04 Å².